The third kappa shape index (κ3) is 7.87. The van der Waals surface area contributed by atoms with E-state index in [4.69, 9.17) is 5.73 Å². The van der Waals surface area contributed by atoms with E-state index in [0.29, 0.717) is 51.6 Å². The van der Waals surface area contributed by atoms with Crippen molar-refractivity contribution in [3.05, 3.63) is 44.1 Å². The number of alkyl halides is 3. The van der Waals surface area contributed by atoms with Gasteiger partial charge in [0.15, 0.2) is 0 Å². The minimum Gasteiger partial charge on any atom is -0.397 e. The van der Waals surface area contributed by atoms with Gasteiger partial charge in [-0.1, -0.05) is 0 Å². The van der Waals surface area contributed by atoms with Crippen LogP contribution in [0.15, 0.2) is 27.4 Å². The Kier molecular flexibility index (Phi) is 10.7. The second-order valence-electron chi connectivity index (χ2n) is 13.0. The number of anilines is 2. The van der Waals surface area contributed by atoms with Gasteiger partial charge in [0.2, 0.25) is 5.91 Å². The molecule has 1 aromatic heterocycles. The van der Waals surface area contributed by atoms with Gasteiger partial charge in [0, 0.05) is 87.3 Å². The Morgan fingerprint density at radius 2 is 1.65 bits per heavy atom. The number of carbonyl (C=O) groups is 3. The SMILES string of the molecule is Nc1c(Br)cc(C[C@@H](NC(=O)N2CCC(N3CCc4cscc4NC3=O)CC2)C(=O)N2CCC(N3CCNCC3)CC2)cc1C(F)(F)F. The van der Waals surface area contributed by atoms with Gasteiger partial charge in [-0.3, -0.25) is 9.69 Å². The summed E-state index contributed by atoms with van der Waals surface area (Å²) in [5.41, 5.74) is 6.53. The molecule has 1 atom stereocenters. The molecule has 3 saturated heterocycles. The number of hydrogen-bond donors (Lipinski definition) is 4. The van der Waals surface area contributed by atoms with Crippen molar-refractivity contribution in [1.29, 1.82) is 0 Å². The van der Waals surface area contributed by atoms with Gasteiger partial charge in [0.05, 0.1) is 16.9 Å². The summed E-state index contributed by atoms with van der Waals surface area (Å²) in [5.74, 6) is -0.313. The molecule has 262 valence electrons. The highest BCUT2D eigenvalue weighted by Crippen LogP contribution is 2.38. The number of nitrogen functional groups attached to an aromatic ring is 1. The van der Waals surface area contributed by atoms with E-state index in [1.165, 1.54) is 6.07 Å². The summed E-state index contributed by atoms with van der Waals surface area (Å²) in [5, 5.41) is 13.2. The smallest absolute Gasteiger partial charge is 0.397 e. The topological polar surface area (TPSA) is 126 Å². The summed E-state index contributed by atoms with van der Waals surface area (Å²) in [6, 6.07) is 1.10. The van der Waals surface area contributed by atoms with Crippen LogP contribution in [-0.2, 0) is 23.8 Å². The van der Waals surface area contributed by atoms with Crippen LogP contribution in [0.4, 0.5) is 34.1 Å². The zero-order chi connectivity index (χ0) is 34.0. The fourth-order valence-corrected chi connectivity index (χ4v) is 8.64. The van der Waals surface area contributed by atoms with Gasteiger partial charge < -0.3 is 36.4 Å². The number of nitrogens with zero attached hydrogens (tertiary/aromatic N) is 4. The molecule has 0 saturated carbocycles. The molecule has 0 aliphatic carbocycles. The summed E-state index contributed by atoms with van der Waals surface area (Å²) >= 11 is 4.71. The van der Waals surface area contributed by atoms with Gasteiger partial charge in [-0.2, -0.15) is 13.2 Å². The van der Waals surface area contributed by atoms with Crippen LogP contribution in [0.1, 0.15) is 42.4 Å². The summed E-state index contributed by atoms with van der Waals surface area (Å²) in [6.45, 7) is 6.15. The fourth-order valence-electron chi connectivity index (χ4n) is 7.31. The molecule has 5 heterocycles. The molecule has 0 radical (unpaired) electrons. The van der Waals surface area contributed by atoms with Gasteiger partial charge in [0.1, 0.15) is 6.04 Å². The molecule has 3 fully saturated rings. The van der Waals surface area contributed by atoms with Crippen molar-refractivity contribution in [3.63, 3.8) is 0 Å². The molecule has 4 aliphatic rings. The summed E-state index contributed by atoms with van der Waals surface area (Å²) < 4.78 is 41.5. The van der Waals surface area contributed by atoms with Crippen LogP contribution in [0.2, 0.25) is 0 Å². The Labute approximate surface area is 290 Å². The first-order valence-electron chi connectivity index (χ1n) is 16.5. The quantitative estimate of drug-likeness (QED) is 0.328. The molecule has 4 aliphatic heterocycles. The van der Waals surface area contributed by atoms with Crippen molar-refractivity contribution in [2.45, 2.75) is 62.8 Å². The highest BCUT2D eigenvalue weighted by Gasteiger charge is 2.37. The van der Waals surface area contributed by atoms with Crippen molar-refractivity contribution >= 4 is 56.6 Å². The number of benzene rings is 1. The van der Waals surface area contributed by atoms with E-state index in [1.54, 1.807) is 21.1 Å². The molecular formula is C32H42BrF3N8O3S. The number of urea groups is 2. The summed E-state index contributed by atoms with van der Waals surface area (Å²) in [6.07, 6.45) is -1.31. The van der Waals surface area contributed by atoms with Crippen molar-refractivity contribution in [2.75, 3.05) is 70.0 Å². The average Bonchev–Trinajstić information content (AvgIpc) is 3.45. The second kappa shape index (κ2) is 14.8. The number of rotatable bonds is 6. The van der Waals surface area contributed by atoms with Gasteiger partial charge in [0.25, 0.3) is 0 Å². The Hall–Kier alpha value is -3.08. The van der Waals surface area contributed by atoms with Crippen LogP contribution in [0.5, 0.6) is 0 Å². The normalized spacial score (nSPS) is 21.0. The number of thiophene rings is 1. The molecule has 0 unspecified atom stereocenters. The van der Waals surface area contributed by atoms with E-state index in [-0.39, 0.29) is 34.4 Å². The molecule has 6 rings (SSSR count). The number of piperazine rings is 1. The Bertz CT molecular complexity index is 1490. The molecule has 1 aromatic carbocycles. The highest BCUT2D eigenvalue weighted by atomic mass is 79.9. The summed E-state index contributed by atoms with van der Waals surface area (Å²) in [7, 11) is 0. The van der Waals surface area contributed by atoms with Gasteiger partial charge in [-0.15, -0.1) is 11.3 Å². The molecule has 11 nitrogen and oxygen atoms in total. The fraction of sp³-hybridized carbons (Fsp3) is 0.594. The standard InChI is InChI=1S/C32H42BrF3N8O3S/c33-25-16-20(15-24(28(25)37)32(34,35)36)17-26(29(45)42-8-2-22(3-9-42)41-13-6-38-7-14-41)39-30(46)43-10-4-23(5-11-43)44-12-1-21-18-48-19-27(21)40-31(44)47/h15-16,18-19,22-23,26,38H,1-14,17,37H2,(H,39,46)(H,40,47)/t26-/m1/s1. The first-order valence-corrected chi connectivity index (χ1v) is 18.3. The molecule has 48 heavy (non-hydrogen) atoms. The van der Waals surface area contributed by atoms with Crippen LogP contribution in [0.3, 0.4) is 0 Å². The van der Waals surface area contributed by atoms with Crippen LogP contribution in [0, 0.1) is 0 Å². The van der Waals surface area contributed by atoms with Crippen LogP contribution < -0.4 is 21.7 Å². The maximum absolute atomic E-state index is 14.0. The Balaban J connectivity index is 1.12. The minimum atomic E-state index is -4.68. The molecule has 0 spiro atoms. The van der Waals surface area contributed by atoms with E-state index in [1.807, 2.05) is 15.7 Å². The first-order chi connectivity index (χ1) is 23.0. The van der Waals surface area contributed by atoms with Gasteiger partial charge in [-0.05, 0) is 76.7 Å². The predicted molar refractivity (Wildman–Crippen MR) is 182 cm³/mol. The molecular weight excluding hydrogens is 713 g/mol. The molecule has 2 aromatic rings. The van der Waals surface area contributed by atoms with Crippen LogP contribution in [0.25, 0.3) is 0 Å². The number of halogens is 4. The lowest BCUT2D eigenvalue weighted by molar-refractivity contribution is -0.137. The maximum Gasteiger partial charge on any atom is 0.418 e. The highest BCUT2D eigenvalue weighted by molar-refractivity contribution is 9.10. The number of fused-ring (bicyclic) bond motifs is 1. The number of amides is 5. The minimum absolute atomic E-state index is 0.0379. The van der Waals surface area contributed by atoms with Crippen molar-refractivity contribution in [1.82, 2.24) is 30.2 Å². The molecule has 0 bridgehead atoms. The van der Waals surface area contributed by atoms with E-state index >= 15 is 0 Å². The zero-order valence-corrected chi connectivity index (χ0v) is 29.1. The first kappa shape index (κ1) is 34.8. The number of nitrogens with one attached hydrogen (secondary N) is 3. The molecule has 16 heteroatoms. The van der Waals surface area contributed by atoms with Crippen molar-refractivity contribution in [2.24, 2.45) is 0 Å². The molecule has 5 N–H and O–H groups in total. The zero-order valence-electron chi connectivity index (χ0n) is 26.7. The third-order valence-corrected chi connectivity index (χ3v) is 11.5. The van der Waals surface area contributed by atoms with Crippen molar-refractivity contribution < 1.29 is 27.6 Å². The van der Waals surface area contributed by atoms with Gasteiger partial charge >= 0.3 is 18.2 Å². The van der Waals surface area contributed by atoms with E-state index in [0.717, 1.165) is 62.8 Å². The number of nitrogens with two attached hydrogens (primary N) is 1. The number of likely N-dealkylation sites (tertiary alicyclic amines) is 2. The van der Waals surface area contributed by atoms with E-state index in [2.05, 4.69) is 36.8 Å². The number of hydrogen-bond acceptors (Lipinski definition) is 7. The lowest BCUT2D eigenvalue weighted by atomic mass is 9.98. The van der Waals surface area contributed by atoms with Gasteiger partial charge in [-0.25, -0.2) is 9.59 Å². The number of carbonyl (C=O) groups excluding carboxylic acids is 3. The lowest BCUT2D eigenvalue weighted by Crippen LogP contribution is -2.58. The average molecular weight is 756 g/mol. The Morgan fingerprint density at radius 3 is 2.33 bits per heavy atom. The van der Waals surface area contributed by atoms with Crippen molar-refractivity contribution in [3.8, 4) is 0 Å². The maximum atomic E-state index is 14.0. The number of piperidine rings is 2. The summed E-state index contributed by atoms with van der Waals surface area (Å²) in [4.78, 5) is 48.2. The van der Waals surface area contributed by atoms with Crippen LogP contribution >= 0.6 is 27.3 Å². The Morgan fingerprint density at radius 1 is 0.979 bits per heavy atom. The van der Waals surface area contributed by atoms with E-state index < -0.39 is 29.5 Å². The molecule has 5 amide bonds. The second-order valence-corrected chi connectivity index (χ2v) is 14.6. The monoisotopic (exact) mass is 754 g/mol. The van der Waals surface area contributed by atoms with E-state index in [9.17, 15) is 27.6 Å². The third-order valence-electron chi connectivity index (χ3n) is 10.0. The van der Waals surface area contributed by atoms with Crippen LogP contribution in [-0.4, -0.2) is 115 Å². The lowest BCUT2D eigenvalue weighted by Gasteiger charge is -2.41. The predicted octanol–water partition coefficient (Wildman–Crippen LogP) is 4.18. The largest absolute Gasteiger partial charge is 0.418 e.